The van der Waals surface area contributed by atoms with Gasteiger partial charge in [0.2, 0.25) is 0 Å². The average molecular weight is 183 g/mol. The molecule has 1 heterocycles. The first kappa shape index (κ1) is 10.7. The van der Waals surface area contributed by atoms with Crippen molar-refractivity contribution in [2.24, 2.45) is 0 Å². The van der Waals surface area contributed by atoms with Gasteiger partial charge in [-0.15, -0.1) is 6.58 Å². The zero-order valence-electron chi connectivity index (χ0n) is 8.59. The van der Waals surface area contributed by atoms with Gasteiger partial charge in [0.25, 0.3) is 0 Å². The number of hydrogen-bond donors (Lipinski definition) is 1. The molecule has 0 aliphatic carbocycles. The summed E-state index contributed by atoms with van der Waals surface area (Å²) in [6.45, 7) is 7.88. The second-order valence-electron chi connectivity index (χ2n) is 3.65. The summed E-state index contributed by atoms with van der Waals surface area (Å²) in [7, 11) is 0. The third-order valence-electron chi connectivity index (χ3n) is 2.60. The van der Waals surface area contributed by atoms with E-state index in [0.717, 1.165) is 32.4 Å². The molecule has 1 fully saturated rings. The van der Waals surface area contributed by atoms with Gasteiger partial charge in [-0.1, -0.05) is 13.0 Å². The summed E-state index contributed by atoms with van der Waals surface area (Å²) < 4.78 is 5.60. The van der Waals surface area contributed by atoms with Crippen LogP contribution < -0.4 is 5.32 Å². The van der Waals surface area contributed by atoms with Crippen molar-refractivity contribution < 1.29 is 4.74 Å². The van der Waals surface area contributed by atoms with E-state index in [0.29, 0.717) is 12.1 Å². The van der Waals surface area contributed by atoms with Crippen molar-refractivity contribution in [3.8, 4) is 0 Å². The van der Waals surface area contributed by atoms with Crippen LogP contribution in [0.3, 0.4) is 0 Å². The van der Waals surface area contributed by atoms with Gasteiger partial charge in [-0.3, -0.25) is 0 Å². The average Bonchev–Trinajstić information content (AvgIpc) is 2.19. The van der Waals surface area contributed by atoms with Gasteiger partial charge in [0, 0.05) is 12.6 Å². The van der Waals surface area contributed by atoms with Crippen LogP contribution in [-0.4, -0.2) is 25.3 Å². The highest BCUT2D eigenvalue weighted by Crippen LogP contribution is 2.15. The minimum absolute atomic E-state index is 0.481. The van der Waals surface area contributed by atoms with Crippen LogP contribution in [0.5, 0.6) is 0 Å². The van der Waals surface area contributed by atoms with Crippen LogP contribution in [0, 0.1) is 0 Å². The maximum atomic E-state index is 5.60. The van der Waals surface area contributed by atoms with E-state index in [9.17, 15) is 0 Å². The summed E-state index contributed by atoms with van der Waals surface area (Å²) in [5, 5.41) is 3.54. The Bertz CT molecular complexity index is 147. The predicted molar refractivity (Wildman–Crippen MR) is 55.9 cm³/mol. The Morgan fingerprint density at radius 2 is 2.46 bits per heavy atom. The van der Waals surface area contributed by atoms with Crippen LogP contribution in [0.2, 0.25) is 0 Å². The fourth-order valence-corrected chi connectivity index (χ4v) is 1.74. The van der Waals surface area contributed by atoms with Gasteiger partial charge in [0.15, 0.2) is 0 Å². The molecule has 0 radical (unpaired) electrons. The maximum Gasteiger partial charge on any atom is 0.0587 e. The molecule has 0 amide bonds. The van der Waals surface area contributed by atoms with Crippen molar-refractivity contribution in [3.63, 3.8) is 0 Å². The molecule has 2 unspecified atom stereocenters. The first-order chi connectivity index (χ1) is 6.36. The third kappa shape index (κ3) is 3.92. The van der Waals surface area contributed by atoms with Crippen LogP contribution in [0.25, 0.3) is 0 Å². The van der Waals surface area contributed by atoms with Crippen molar-refractivity contribution in [2.45, 2.75) is 44.8 Å². The Morgan fingerprint density at radius 3 is 3.15 bits per heavy atom. The van der Waals surface area contributed by atoms with Gasteiger partial charge in [-0.25, -0.2) is 0 Å². The zero-order chi connectivity index (χ0) is 9.52. The Labute approximate surface area is 81.4 Å². The monoisotopic (exact) mass is 183 g/mol. The second-order valence-corrected chi connectivity index (χ2v) is 3.65. The highest BCUT2D eigenvalue weighted by atomic mass is 16.5. The molecule has 1 saturated heterocycles. The molecule has 1 N–H and O–H groups in total. The van der Waals surface area contributed by atoms with Gasteiger partial charge >= 0.3 is 0 Å². The Morgan fingerprint density at radius 1 is 1.62 bits per heavy atom. The van der Waals surface area contributed by atoms with Crippen molar-refractivity contribution in [1.29, 1.82) is 0 Å². The quantitative estimate of drug-likeness (QED) is 0.520. The molecular weight excluding hydrogens is 162 g/mol. The molecule has 13 heavy (non-hydrogen) atoms. The number of ether oxygens (including phenoxy) is 1. The molecular formula is C11H21NO. The van der Waals surface area contributed by atoms with Crippen LogP contribution >= 0.6 is 0 Å². The molecule has 2 nitrogen and oxygen atoms in total. The summed E-state index contributed by atoms with van der Waals surface area (Å²) in [6, 6.07) is 0.665. The Balaban J connectivity index is 2.14. The van der Waals surface area contributed by atoms with Crippen molar-refractivity contribution in [3.05, 3.63) is 12.7 Å². The molecule has 1 rings (SSSR count). The largest absolute Gasteiger partial charge is 0.378 e. The van der Waals surface area contributed by atoms with Crippen molar-refractivity contribution >= 4 is 0 Å². The van der Waals surface area contributed by atoms with E-state index < -0.39 is 0 Å². The minimum Gasteiger partial charge on any atom is -0.378 e. The summed E-state index contributed by atoms with van der Waals surface area (Å²) >= 11 is 0. The van der Waals surface area contributed by atoms with Crippen LogP contribution in [0.1, 0.15) is 32.6 Å². The lowest BCUT2D eigenvalue weighted by molar-refractivity contribution is 0.000143. The first-order valence-electron chi connectivity index (χ1n) is 5.32. The van der Waals surface area contributed by atoms with E-state index in [1.54, 1.807) is 0 Å². The molecule has 0 spiro atoms. The fourth-order valence-electron chi connectivity index (χ4n) is 1.74. The summed E-state index contributed by atoms with van der Waals surface area (Å²) in [5.41, 5.74) is 0. The van der Waals surface area contributed by atoms with Gasteiger partial charge in [-0.05, 0) is 32.2 Å². The Kier molecular flexibility index (Phi) is 5.09. The maximum absolute atomic E-state index is 5.60. The van der Waals surface area contributed by atoms with Gasteiger partial charge in [0.05, 0.1) is 6.10 Å². The summed E-state index contributed by atoms with van der Waals surface area (Å²) in [4.78, 5) is 0. The highest BCUT2D eigenvalue weighted by Gasteiger charge is 2.19. The first-order valence-corrected chi connectivity index (χ1v) is 5.32. The molecule has 1 aliphatic rings. The topological polar surface area (TPSA) is 21.3 Å². The number of nitrogens with one attached hydrogen (secondary N) is 1. The molecule has 2 atom stereocenters. The second kappa shape index (κ2) is 6.17. The Hall–Kier alpha value is -0.340. The molecule has 0 saturated carbocycles. The molecule has 76 valence electrons. The van der Waals surface area contributed by atoms with E-state index in [1.165, 1.54) is 6.42 Å². The van der Waals surface area contributed by atoms with Crippen LogP contribution in [-0.2, 0) is 4.74 Å². The predicted octanol–water partition coefficient (Wildman–Crippen LogP) is 2.11. The van der Waals surface area contributed by atoms with Gasteiger partial charge in [0.1, 0.15) is 0 Å². The van der Waals surface area contributed by atoms with E-state index in [2.05, 4.69) is 18.8 Å². The van der Waals surface area contributed by atoms with E-state index >= 15 is 0 Å². The molecule has 0 aromatic rings. The standard InChI is InChI=1S/C11H21NO/c1-3-5-7-12-10-6-8-13-11(4-2)9-10/h3,10-12H,1,4-9H2,2H3. The lowest BCUT2D eigenvalue weighted by atomic mass is 10.0. The normalized spacial score (nSPS) is 28.7. The summed E-state index contributed by atoms with van der Waals surface area (Å²) in [5.74, 6) is 0. The zero-order valence-corrected chi connectivity index (χ0v) is 8.59. The fraction of sp³-hybridized carbons (Fsp3) is 0.818. The molecule has 0 aromatic heterocycles. The summed E-state index contributed by atoms with van der Waals surface area (Å²) in [6.07, 6.45) is 6.98. The highest BCUT2D eigenvalue weighted by molar-refractivity contribution is 4.77. The lowest BCUT2D eigenvalue weighted by Crippen LogP contribution is -2.39. The van der Waals surface area contributed by atoms with E-state index in [-0.39, 0.29) is 0 Å². The van der Waals surface area contributed by atoms with E-state index in [1.807, 2.05) is 6.08 Å². The van der Waals surface area contributed by atoms with Crippen LogP contribution in [0.15, 0.2) is 12.7 Å². The molecule has 2 heteroatoms. The number of rotatable bonds is 5. The van der Waals surface area contributed by atoms with Crippen molar-refractivity contribution in [1.82, 2.24) is 5.32 Å². The molecule has 0 aromatic carbocycles. The van der Waals surface area contributed by atoms with E-state index in [4.69, 9.17) is 4.74 Å². The third-order valence-corrected chi connectivity index (χ3v) is 2.60. The molecule has 1 aliphatic heterocycles. The van der Waals surface area contributed by atoms with Crippen LogP contribution in [0.4, 0.5) is 0 Å². The molecule has 0 bridgehead atoms. The SMILES string of the molecule is C=CCCNC1CCOC(CC)C1. The lowest BCUT2D eigenvalue weighted by Gasteiger charge is -2.29. The van der Waals surface area contributed by atoms with Crippen molar-refractivity contribution in [2.75, 3.05) is 13.2 Å². The number of hydrogen-bond acceptors (Lipinski definition) is 2. The van der Waals surface area contributed by atoms with Gasteiger partial charge in [-0.2, -0.15) is 0 Å². The van der Waals surface area contributed by atoms with Gasteiger partial charge < -0.3 is 10.1 Å². The minimum atomic E-state index is 0.481. The smallest absolute Gasteiger partial charge is 0.0587 e.